The number of hydrogen-bond donors (Lipinski definition) is 1. The van der Waals surface area contributed by atoms with Gasteiger partial charge in [0.05, 0.1) is 24.1 Å². The van der Waals surface area contributed by atoms with Crippen molar-refractivity contribution in [2.45, 2.75) is 17.5 Å². The maximum Gasteiger partial charge on any atom is 0.238 e. The van der Waals surface area contributed by atoms with E-state index in [0.29, 0.717) is 22.6 Å². The lowest BCUT2D eigenvalue weighted by Crippen LogP contribution is -2.49. The number of carbonyl (C=O) groups excluding carboxylic acids is 3. The first-order valence-electron chi connectivity index (χ1n) is 13.4. The molecule has 1 spiro atoms. The van der Waals surface area contributed by atoms with Gasteiger partial charge >= 0.3 is 0 Å². The summed E-state index contributed by atoms with van der Waals surface area (Å²) in [4.78, 5) is 45.8. The molecule has 3 aliphatic heterocycles. The summed E-state index contributed by atoms with van der Waals surface area (Å²) in [5.41, 5.74) is 2.39. The second-order valence-corrected chi connectivity index (χ2v) is 10.9. The third kappa shape index (κ3) is 3.54. The maximum atomic E-state index is 14.8. The largest absolute Gasteiger partial charge is 0.497 e. The van der Waals surface area contributed by atoms with Crippen LogP contribution in [0.15, 0.2) is 103 Å². The van der Waals surface area contributed by atoms with Crippen LogP contribution in [0.1, 0.15) is 43.4 Å². The van der Waals surface area contributed by atoms with Gasteiger partial charge in [-0.3, -0.25) is 14.4 Å². The van der Waals surface area contributed by atoms with Crippen LogP contribution in [0.3, 0.4) is 0 Å². The lowest BCUT2D eigenvalue weighted by atomic mass is 9.62. The Morgan fingerprint density at radius 2 is 1.66 bits per heavy atom. The molecule has 1 amide bonds. The lowest BCUT2D eigenvalue weighted by Gasteiger charge is -2.38. The standard InChI is InChI=1S/C34H25ClN2O4/c1-41-22-11-8-10-21(19-22)30(38)29-28(31(39)24-13-4-6-15-26(24)35)34(25-14-5-7-16-27(25)36-33(34)40)32-23-12-3-2-9-20(23)17-18-37(29)32/h2-19,28-29,32H,1H3,(H,36,40). The topological polar surface area (TPSA) is 75.7 Å². The highest BCUT2D eigenvalue weighted by molar-refractivity contribution is 6.34. The van der Waals surface area contributed by atoms with Crippen LogP contribution < -0.4 is 10.1 Å². The minimum Gasteiger partial charge on any atom is -0.497 e. The number of anilines is 1. The second kappa shape index (κ2) is 9.46. The first-order chi connectivity index (χ1) is 20.0. The van der Waals surface area contributed by atoms with E-state index in [9.17, 15) is 14.4 Å². The van der Waals surface area contributed by atoms with Crippen LogP contribution in [0.5, 0.6) is 5.75 Å². The van der Waals surface area contributed by atoms with Crippen molar-refractivity contribution in [2.24, 2.45) is 5.92 Å². The molecule has 4 atom stereocenters. The lowest BCUT2D eigenvalue weighted by molar-refractivity contribution is -0.122. The average molecular weight is 561 g/mol. The van der Waals surface area contributed by atoms with Gasteiger partial charge in [0.15, 0.2) is 11.6 Å². The predicted molar refractivity (Wildman–Crippen MR) is 157 cm³/mol. The molecule has 202 valence electrons. The van der Waals surface area contributed by atoms with Gasteiger partial charge in [0.1, 0.15) is 17.2 Å². The van der Waals surface area contributed by atoms with Gasteiger partial charge in [-0.2, -0.15) is 0 Å². The zero-order valence-corrected chi connectivity index (χ0v) is 22.8. The minimum absolute atomic E-state index is 0.271. The van der Waals surface area contributed by atoms with Crippen LogP contribution in [0, 0.1) is 5.92 Å². The number of rotatable bonds is 5. The summed E-state index contributed by atoms with van der Waals surface area (Å²) >= 11 is 6.60. The molecule has 1 fully saturated rings. The monoisotopic (exact) mass is 560 g/mol. The number of nitrogens with one attached hydrogen (secondary N) is 1. The van der Waals surface area contributed by atoms with E-state index in [4.69, 9.17) is 16.3 Å². The van der Waals surface area contributed by atoms with Crippen molar-refractivity contribution in [2.75, 3.05) is 12.4 Å². The van der Waals surface area contributed by atoms with E-state index in [1.807, 2.05) is 65.7 Å². The van der Waals surface area contributed by atoms with Gasteiger partial charge in [-0.1, -0.05) is 78.3 Å². The van der Waals surface area contributed by atoms with E-state index in [1.54, 1.807) is 48.5 Å². The second-order valence-electron chi connectivity index (χ2n) is 10.5. The fraction of sp³-hybridized carbons (Fsp3) is 0.147. The zero-order valence-electron chi connectivity index (χ0n) is 22.1. The molecule has 4 aromatic carbocycles. The number of halogens is 1. The van der Waals surface area contributed by atoms with Gasteiger partial charge in [-0.25, -0.2) is 0 Å². The van der Waals surface area contributed by atoms with Gasteiger partial charge in [0, 0.05) is 23.0 Å². The van der Waals surface area contributed by atoms with Gasteiger partial charge in [0.25, 0.3) is 0 Å². The van der Waals surface area contributed by atoms with Crippen LogP contribution in [-0.4, -0.2) is 35.5 Å². The van der Waals surface area contributed by atoms with Gasteiger partial charge in [0.2, 0.25) is 5.91 Å². The quantitative estimate of drug-likeness (QED) is 0.289. The summed E-state index contributed by atoms with van der Waals surface area (Å²) < 4.78 is 5.41. The molecule has 0 aromatic heterocycles. The first-order valence-corrected chi connectivity index (χ1v) is 13.8. The van der Waals surface area contributed by atoms with Crippen molar-refractivity contribution >= 4 is 40.8 Å². The Morgan fingerprint density at radius 3 is 2.49 bits per heavy atom. The number of carbonyl (C=O) groups is 3. The molecule has 3 aliphatic rings. The number of ether oxygens (including phenoxy) is 1. The summed E-state index contributed by atoms with van der Waals surface area (Å²) in [6, 6.07) is 27.3. The molecule has 6 nitrogen and oxygen atoms in total. The van der Waals surface area contributed by atoms with Crippen LogP contribution in [0.4, 0.5) is 5.69 Å². The molecule has 1 N–H and O–H groups in total. The molecular formula is C34H25ClN2O4. The molecule has 4 unspecified atom stereocenters. The molecule has 0 bridgehead atoms. The predicted octanol–water partition coefficient (Wildman–Crippen LogP) is 6.33. The molecule has 0 radical (unpaired) electrons. The first kappa shape index (κ1) is 25.3. The summed E-state index contributed by atoms with van der Waals surface area (Å²) in [6.07, 6.45) is 3.79. The van der Waals surface area contributed by atoms with Crippen LogP contribution in [0.2, 0.25) is 5.02 Å². The SMILES string of the molecule is COc1cccc(C(=O)C2C(C(=O)c3ccccc3Cl)C3(C(=O)Nc4ccccc43)C3c4ccccc4C=CN23)c1. The van der Waals surface area contributed by atoms with Crippen LogP contribution in [0.25, 0.3) is 6.08 Å². The highest BCUT2D eigenvalue weighted by Crippen LogP contribution is 2.62. The van der Waals surface area contributed by atoms with E-state index in [0.717, 1.165) is 11.1 Å². The third-order valence-electron chi connectivity index (χ3n) is 8.62. The van der Waals surface area contributed by atoms with Crippen LogP contribution >= 0.6 is 11.6 Å². The molecule has 3 heterocycles. The number of fused-ring (bicyclic) bond motifs is 6. The van der Waals surface area contributed by atoms with Gasteiger partial charge < -0.3 is 15.0 Å². The van der Waals surface area contributed by atoms with Crippen molar-refractivity contribution in [3.63, 3.8) is 0 Å². The number of benzene rings is 4. The van der Waals surface area contributed by atoms with Crippen LogP contribution in [-0.2, 0) is 10.2 Å². The van der Waals surface area contributed by atoms with Crippen molar-refractivity contribution in [3.8, 4) is 5.75 Å². The Kier molecular flexibility index (Phi) is 5.84. The third-order valence-corrected chi connectivity index (χ3v) is 8.94. The van der Waals surface area contributed by atoms with E-state index in [-0.39, 0.29) is 28.1 Å². The number of Topliss-reactive ketones (excluding diaryl/α,β-unsaturated/α-hetero) is 2. The fourth-order valence-electron chi connectivity index (χ4n) is 6.94. The van der Waals surface area contributed by atoms with Gasteiger partial charge in [-0.15, -0.1) is 0 Å². The van der Waals surface area contributed by atoms with Crippen molar-refractivity contribution < 1.29 is 19.1 Å². The van der Waals surface area contributed by atoms with Crippen molar-refractivity contribution in [3.05, 3.63) is 136 Å². The summed E-state index contributed by atoms with van der Waals surface area (Å²) in [5.74, 6) is -1.52. The van der Waals surface area contributed by atoms with Crippen molar-refractivity contribution in [1.82, 2.24) is 4.90 Å². The Morgan fingerprint density at radius 1 is 0.902 bits per heavy atom. The molecular weight excluding hydrogens is 536 g/mol. The van der Waals surface area contributed by atoms with E-state index < -0.39 is 23.4 Å². The maximum absolute atomic E-state index is 14.8. The molecule has 4 aromatic rings. The Labute approximate surface area is 242 Å². The normalized spacial score (nSPS) is 23.5. The summed E-state index contributed by atoms with van der Waals surface area (Å²) in [5, 5.41) is 3.33. The van der Waals surface area contributed by atoms with Gasteiger partial charge in [-0.05, 0) is 53.1 Å². The van der Waals surface area contributed by atoms with E-state index >= 15 is 0 Å². The number of nitrogens with zero attached hydrogens (tertiary/aromatic N) is 1. The molecule has 41 heavy (non-hydrogen) atoms. The van der Waals surface area contributed by atoms with E-state index in [1.165, 1.54) is 7.11 Å². The van der Waals surface area contributed by atoms with E-state index in [2.05, 4.69) is 5.32 Å². The highest BCUT2D eigenvalue weighted by atomic mass is 35.5. The number of amides is 1. The van der Waals surface area contributed by atoms with Crippen molar-refractivity contribution in [1.29, 1.82) is 0 Å². The average Bonchev–Trinajstić information content (AvgIpc) is 3.49. The Hall–Kier alpha value is -4.68. The molecule has 1 saturated heterocycles. The minimum atomic E-state index is -1.41. The fourth-order valence-corrected chi connectivity index (χ4v) is 7.17. The zero-order chi connectivity index (χ0) is 28.3. The number of hydrogen-bond acceptors (Lipinski definition) is 5. The molecule has 7 heteroatoms. The Balaban J connectivity index is 1.54. The molecule has 7 rings (SSSR count). The molecule has 0 aliphatic carbocycles. The Bertz CT molecular complexity index is 1780. The molecule has 0 saturated carbocycles. The highest BCUT2D eigenvalue weighted by Gasteiger charge is 2.70. The summed E-state index contributed by atoms with van der Waals surface area (Å²) in [7, 11) is 1.54. The number of para-hydroxylation sites is 1. The number of ketones is 2. The number of methoxy groups -OCH3 is 1. The smallest absolute Gasteiger partial charge is 0.238 e. The summed E-state index contributed by atoms with van der Waals surface area (Å²) in [6.45, 7) is 0.